The van der Waals surface area contributed by atoms with Crippen LogP contribution in [0.5, 0.6) is 0 Å². The summed E-state index contributed by atoms with van der Waals surface area (Å²) in [6.07, 6.45) is -2.71. The van der Waals surface area contributed by atoms with E-state index in [0.717, 1.165) is 5.69 Å². The molecule has 0 radical (unpaired) electrons. The van der Waals surface area contributed by atoms with Crippen molar-refractivity contribution in [2.75, 3.05) is 23.9 Å². The van der Waals surface area contributed by atoms with Gasteiger partial charge in [-0.2, -0.15) is 13.2 Å². The van der Waals surface area contributed by atoms with Crippen LogP contribution in [-0.2, 0) is 14.6 Å². The number of hydrogen-bond acceptors (Lipinski definition) is 7. The summed E-state index contributed by atoms with van der Waals surface area (Å²) < 4.78 is 68.0. The number of halogens is 3. The van der Waals surface area contributed by atoms with E-state index in [9.17, 15) is 31.2 Å². The molecule has 1 atom stereocenters. The average molecular weight is 491 g/mol. The highest BCUT2D eigenvalue weighted by molar-refractivity contribution is 7.99. The van der Waals surface area contributed by atoms with Gasteiger partial charge >= 0.3 is 12.1 Å². The summed E-state index contributed by atoms with van der Waals surface area (Å²) in [7, 11) is -3.11. The Morgan fingerprint density at radius 1 is 1.28 bits per heavy atom. The van der Waals surface area contributed by atoms with Crippen LogP contribution in [0.4, 0.5) is 13.2 Å². The first-order chi connectivity index (χ1) is 14.9. The molecule has 2 aromatic heterocycles. The standard InChI is InChI=1S/C20H21F3N2O5S2/c1-12-8-16(13(2)25(12)14-5-7-32(28,29)10-14)17(26)9-30-19(27)15-4-3-6-24-18(15)31-11-20(21,22)23/h3-4,6,8,14H,5,7,9-11H2,1-2H3/t14-/m0/s1. The topological polar surface area (TPSA) is 95.3 Å². The number of carbonyl (C=O) groups is 2. The smallest absolute Gasteiger partial charge is 0.398 e. The number of pyridine rings is 1. The van der Waals surface area contributed by atoms with Gasteiger partial charge in [-0.25, -0.2) is 18.2 Å². The van der Waals surface area contributed by atoms with Crippen LogP contribution in [0.3, 0.4) is 0 Å². The lowest BCUT2D eigenvalue weighted by molar-refractivity contribution is -0.105. The number of rotatable bonds is 7. The first kappa shape index (κ1) is 24.3. The molecule has 1 saturated heterocycles. The largest absolute Gasteiger partial charge is 0.454 e. The lowest BCUT2D eigenvalue weighted by Gasteiger charge is -2.16. The molecule has 32 heavy (non-hydrogen) atoms. The molecule has 0 unspecified atom stereocenters. The van der Waals surface area contributed by atoms with Gasteiger partial charge in [0.2, 0.25) is 5.78 Å². The molecule has 0 aromatic carbocycles. The van der Waals surface area contributed by atoms with E-state index in [1.165, 1.54) is 18.3 Å². The second kappa shape index (κ2) is 9.26. The lowest BCUT2D eigenvalue weighted by Crippen LogP contribution is -2.17. The molecule has 3 heterocycles. The van der Waals surface area contributed by atoms with Gasteiger partial charge in [-0.05, 0) is 38.5 Å². The Morgan fingerprint density at radius 3 is 2.62 bits per heavy atom. The Labute approximate surface area is 187 Å². The van der Waals surface area contributed by atoms with Crippen LogP contribution in [0.15, 0.2) is 29.4 Å². The minimum Gasteiger partial charge on any atom is -0.454 e. The highest BCUT2D eigenvalue weighted by atomic mass is 32.2. The van der Waals surface area contributed by atoms with E-state index in [-0.39, 0.29) is 28.1 Å². The Balaban J connectivity index is 1.69. The SMILES string of the molecule is Cc1cc(C(=O)COC(=O)c2cccnc2SCC(F)(F)F)c(C)n1[C@H]1CCS(=O)(=O)C1. The second-order valence-corrected chi connectivity index (χ2v) is 10.7. The number of aromatic nitrogens is 2. The monoisotopic (exact) mass is 490 g/mol. The van der Waals surface area contributed by atoms with Crippen LogP contribution >= 0.6 is 11.8 Å². The highest BCUT2D eigenvalue weighted by Crippen LogP contribution is 2.30. The fraction of sp³-hybridized carbons (Fsp3) is 0.450. The third-order valence-corrected chi connectivity index (χ3v) is 7.88. The molecule has 1 aliphatic heterocycles. The van der Waals surface area contributed by atoms with Gasteiger partial charge in [-0.15, -0.1) is 0 Å². The third-order valence-electron chi connectivity index (χ3n) is 5.06. The van der Waals surface area contributed by atoms with Gasteiger partial charge in [0.25, 0.3) is 0 Å². The summed E-state index contributed by atoms with van der Waals surface area (Å²) in [4.78, 5) is 28.9. The molecule has 0 amide bonds. The number of sulfone groups is 1. The van der Waals surface area contributed by atoms with Crippen LogP contribution < -0.4 is 0 Å². The number of thioether (sulfide) groups is 1. The number of alkyl halides is 3. The van der Waals surface area contributed by atoms with E-state index in [1.807, 2.05) is 4.57 Å². The van der Waals surface area contributed by atoms with Crippen molar-refractivity contribution in [3.63, 3.8) is 0 Å². The Hall–Kier alpha value is -2.34. The van der Waals surface area contributed by atoms with Gasteiger partial charge < -0.3 is 9.30 Å². The van der Waals surface area contributed by atoms with Crippen LogP contribution in [-0.4, -0.2) is 59.8 Å². The molecule has 1 aliphatic rings. The maximum Gasteiger partial charge on any atom is 0.398 e. The molecule has 0 spiro atoms. The van der Waals surface area contributed by atoms with Crippen LogP contribution in [0.2, 0.25) is 0 Å². The number of carbonyl (C=O) groups excluding carboxylic acids is 2. The number of ether oxygens (including phenoxy) is 1. The second-order valence-electron chi connectivity index (χ2n) is 7.47. The normalized spacial score (nSPS) is 18.0. The van der Waals surface area contributed by atoms with E-state index in [1.54, 1.807) is 19.9 Å². The molecular formula is C20H21F3N2O5S2. The molecule has 1 fully saturated rings. The van der Waals surface area contributed by atoms with E-state index in [0.29, 0.717) is 29.4 Å². The van der Waals surface area contributed by atoms with Gasteiger partial charge in [-0.3, -0.25) is 4.79 Å². The Kier molecular flexibility index (Phi) is 7.03. The van der Waals surface area contributed by atoms with Crippen molar-refractivity contribution in [2.45, 2.75) is 37.5 Å². The molecule has 3 rings (SSSR count). The van der Waals surface area contributed by atoms with Gasteiger partial charge in [0.05, 0.1) is 22.8 Å². The van der Waals surface area contributed by atoms with E-state index in [2.05, 4.69) is 4.98 Å². The first-order valence-electron chi connectivity index (χ1n) is 9.61. The molecule has 7 nitrogen and oxygen atoms in total. The van der Waals surface area contributed by atoms with Crippen LogP contribution in [0.25, 0.3) is 0 Å². The van der Waals surface area contributed by atoms with Gasteiger partial charge in [0.1, 0.15) is 5.03 Å². The minimum atomic E-state index is -4.43. The zero-order chi connectivity index (χ0) is 23.7. The summed E-state index contributed by atoms with van der Waals surface area (Å²) in [6, 6.07) is 4.03. The van der Waals surface area contributed by atoms with E-state index < -0.39 is 40.1 Å². The number of nitrogens with zero attached hydrogens (tertiary/aromatic N) is 2. The van der Waals surface area contributed by atoms with Crippen molar-refractivity contribution in [1.82, 2.24) is 9.55 Å². The van der Waals surface area contributed by atoms with Crippen molar-refractivity contribution in [3.8, 4) is 0 Å². The van der Waals surface area contributed by atoms with E-state index >= 15 is 0 Å². The number of hydrogen-bond donors (Lipinski definition) is 0. The average Bonchev–Trinajstić information content (AvgIpc) is 3.21. The molecule has 12 heteroatoms. The number of Topliss-reactive ketones (excluding diaryl/α,β-unsaturated/α-hetero) is 1. The minimum absolute atomic E-state index is 0.00531. The van der Waals surface area contributed by atoms with Crippen molar-refractivity contribution < 1.29 is 35.9 Å². The van der Waals surface area contributed by atoms with Gasteiger partial charge in [-0.1, -0.05) is 11.8 Å². The molecule has 0 N–H and O–H groups in total. The van der Waals surface area contributed by atoms with Crippen molar-refractivity contribution in [2.24, 2.45) is 0 Å². The van der Waals surface area contributed by atoms with Crippen LogP contribution in [0, 0.1) is 13.8 Å². The molecule has 0 saturated carbocycles. The Morgan fingerprint density at radius 2 is 2.00 bits per heavy atom. The van der Waals surface area contributed by atoms with E-state index in [4.69, 9.17) is 4.74 Å². The first-order valence-corrected chi connectivity index (χ1v) is 12.4. The predicted octanol–water partition coefficient (Wildman–Crippen LogP) is 3.55. The number of aryl methyl sites for hydroxylation is 1. The molecule has 174 valence electrons. The summed E-state index contributed by atoms with van der Waals surface area (Å²) in [5.41, 5.74) is 1.44. The zero-order valence-electron chi connectivity index (χ0n) is 17.3. The van der Waals surface area contributed by atoms with Crippen molar-refractivity contribution >= 4 is 33.4 Å². The fourth-order valence-corrected chi connectivity index (χ4v) is 6.14. The fourth-order valence-electron chi connectivity index (χ4n) is 3.70. The van der Waals surface area contributed by atoms with Crippen LogP contribution in [0.1, 0.15) is 44.6 Å². The molecule has 2 aromatic rings. The summed E-state index contributed by atoms with van der Waals surface area (Å²) >= 11 is 0.360. The zero-order valence-corrected chi connectivity index (χ0v) is 18.9. The third kappa shape index (κ3) is 5.71. The maximum absolute atomic E-state index is 12.7. The number of esters is 1. The van der Waals surface area contributed by atoms with Crippen molar-refractivity contribution in [1.29, 1.82) is 0 Å². The van der Waals surface area contributed by atoms with Crippen molar-refractivity contribution in [3.05, 3.63) is 46.9 Å². The van der Waals surface area contributed by atoms with Gasteiger partial charge in [0, 0.05) is 29.2 Å². The predicted molar refractivity (Wildman–Crippen MR) is 112 cm³/mol. The quantitative estimate of drug-likeness (QED) is 0.333. The molecule has 0 bridgehead atoms. The molecule has 0 aliphatic carbocycles. The molecular weight excluding hydrogens is 469 g/mol. The number of ketones is 1. The maximum atomic E-state index is 12.7. The summed E-state index contributed by atoms with van der Waals surface area (Å²) in [5.74, 6) is -2.56. The van der Waals surface area contributed by atoms with Gasteiger partial charge in [0.15, 0.2) is 16.4 Å². The highest BCUT2D eigenvalue weighted by Gasteiger charge is 2.32. The Bertz CT molecular complexity index is 1140. The summed E-state index contributed by atoms with van der Waals surface area (Å²) in [6.45, 7) is 2.85. The lowest BCUT2D eigenvalue weighted by atomic mass is 10.1. The summed E-state index contributed by atoms with van der Waals surface area (Å²) in [5, 5.41) is -0.136.